The number of hydrogen-bond donors (Lipinski definition) is 1. The van der Waals surface area contributed by atoms with Crippen molar-refractivity contribution in [1.29, 1.82) is 0 Å². The van der Waals surface area contributed by atoms with Gasteiger partial charge in [0.15, 0.2) is 0 Å². The average molecular weight is 424 g/mol. The van der Waals surface area contributed by atoms with E-state index in [1.165, 1.54) is 18.0 Å². The van der Waals surface area contributed by atoms with Crippen LogP contribution in [0, 0.1) is 0 Å². The number of halogens is 2. The topological polar surface area (TPSA) is 75.2 Å². The summed E-state index contributed by atoms with van der Waals surface area (Å²) in [5.41, 5.74) is 3.30. The number of pyridine rings is 2. The van der Waals surface area contributed by atoms with E-state index >= 15 is 0 Å². The Labute approximate surface area is 179 Å². The molecule has 6 nitrogen and oxygen atoms in total. The number of nitrogens with one attached hydrogen (secondary N) is 1. The first-order chi connectivity index (χ1) is 14.9. The van der Waals surface area contributed by atoms with E-state index in [1.54, 1.807) is 54.9 Å². The molecule has 1 N–H and O–H groups in total. The summed E-state index contributed by atoms with van der Waals surface area (Å²) in [5.74, 6) is -0.539. The standard InChI is InChI=1S/C23H22F2N4O2/c1-16(30)29(12-10-22(24)25)20-7-4-18(5-8-20)21-9-6-19(15-27-21)23(31)28-14-17-3-2-11-26-13-17/h2-9,11,13,15,22H,10,12,14H2,1H3,(H,28,31). The third kappa shape index (κ3) is 6.15. The minimum Gasteiger partial charge on any atom is -0.348 e. The largest absolute Gasteiger partial charge is 0.348 e. The smallest absolute Gasteiger partial charge is 0.253 e. The maximum absolute atomic E-state index is 12.5. The van der Waals surface area contributed by atoms with Gasteiger partial charge in [0.2, 0.25) is 12.3 Å². The van der Waals surface area contributed by atoms with Gasteiger partial charge in [0.25, 0.3) is 5.91 Å². The highest BCUT2D eigenvalue weighted by atomic mass is 19.3. The minimum absolute atomic E-state index is 0.0482. The van der Waals surface area contributed by atoms with Crippen molar-refractivity contribution in [3.8, 4) is 11.3 Å². The molecular formula is C23H22F2N4O2. The van der Waals surface area contributed by atoms with Crippen molar-refractivity contribution in [2.45, 2.75) is 26.3 Å². The maximum Gasteiger partial charge on any atom is 0.253 e. The molecule has 0 bridgehead atoms. The quantitative estimate of drug-likeness (QED) is 0.591. The molecule has 8 heteroatoms. The summed E-state index contributed by atoms with van der Waals surface area (Å²) in [4.78, 5) is 33.7. The molecule has 0 spiro atoms. The molecule has 0 saturated carbocycles. The highest BCUT2D eigenvalue weighted by Gasteiger charge is 2.14. The van der Waals surface area contributed by atoms with Gasteiger partial charge in [0.05, 0.1) is 11.3 Å². The second kappa shape index (κ2) is 10.4. The Bertz CT molecular complexity index is 1010. The van der Waals surface area contributed by atoms with Crippen LogP contribution in [0.5, 0.6) is 0 Å². The molecule has 1 aromatic carbocycles. The molecule has 0 aliphatic rings. The van der Waals surface area contributed by atoms with Gasteiger partial charge >= 0.3 is 0 Å². The van der Waals surface area contributed by atoms with Crippen LogP contribution in [0.2, 0.25) is 0 Å². The summed E-state index contributed by atoms with van der Waals surface area (Å²) in [6.45, 7) is 1.67. The van der Waals surface area contributed by atoms with Crippen LogP contribution in [0.4, 0.5) is 14.5 Å². The van der Waals surface area contributed by atoms with Gasteiger partial charge in [-0.1, -0.05) is 18.2 Å². The Morgan fingerprint density at radius 1 is 1.06 bits per heavy atom. The molecule has 160 valence electrons. The fourth-order valence-corrected chi connectivity index (χ4v) is 2.99. The summed E-state index contributed by atoms with van der Waals surface area (Å²) >= 11 is 0. The van der Waals surface area contributed by atoms with Crippen LogP contribution in [0.15, 0.2) is 67.1 Å². The van der Waals surface area contributed by atoms with Gasteiger partial charge in [-0.2, -0.15) is 0 Å². The van der Waals surface area contributed by atoms with Crippen molar-refractivity contribution in [3.05, 3.63) is 78.2 Å². The van der Waals surface area contributed by atoms with Crippen molar-refractivity contribution in [3.63, 3.8) is 0 Å². The van der Waals surface area contributed by atoms with Crippen molar-refractivity contribution in [2.24, 2.45) is 0 Å². The zero-order valence-electron chi connectivity index (χ0n) is 17.0. The Morgan fingerprint density at radius 3 is 2.42 bits per heavy atom. The Kier molecular flexibility index (Phi) is 7.37. The lowest BCUT2D eigenvalue weighted by molar-refractivity contribution is -0.116. The van der Waals surface area contributed by atoms with Crippen LogP contribution in [-0.4, -0.2) is 34.8 Å². The number of carbonyl (C=O) groups is 2. The van der Waals surface area contributed by atoms with Gasteiger partial charge in [-0.25, -0.2) is 8.78 Å². The van der Waals surface area contributed by atoms with Crippen molar-refractivity contribution < 1.29 is 18.4 Å². The number of nitrogens with zero attached hydrogens (tertiary/aromatic N) is 3. The SMILES string of the molecule is CC(=O)N(CCC(F)F)c1ccc(-c2ccc(C(=O)NCc3cccnc3)cn2)cc1. The molecule has 3 aromatic rings. The van der Waals surface area contributed by atoms with Crippen LogP contribution >= 0.6 is 0 Å². The van der Waals surface area contributed by atoms with Gasteiger partial charge in [0.1, 0.15) is 0 Å². The van der Waals surface area contributed by atoms with Crippen LogP contribution in [-0.2, 0) is 11.3 Å². The first kappa shape index (κ1) is 22.0. The van der Waals surface area contributed by atoms with Crippen LogP contribution < -0.4 is 10.2 Å². The number of hydrogen-bond acceptors (Lipinski definition) is 4. The lowest BCUT2D eigenvalue weighted by Crippen LogP contribution is -2.30. The highest BCUT2D eigenvalue weighted by Crippen LogP contribution is 2.23. The number of anilines is 1. The number of benzene rings is 1. The van der Waals surface area contributed by atoms with E-state index in [2.05, 4.69) is 15.3 Å². The first-order valence-corrected chi connectivity index (χ1v) is 9.74. The van der Waals surface area contributed by atoms with Gasteiger partial charge < -0.3 is 10.2 Å². The van der Waals surface area contributed by atoms with Crippen molar-refractivity contribution >= 4 is 17.5 Å². The fourth-order valence-electron chi connectivity index (χ4n) is 2.99. The van der Waals surface area contributed by atoms with E-state index in [4.69, 9.17) is 0 Å². The third-order valence-electron chi connectivity index (χ3n) is 4.63. The molecule has 3 rings (SSSR count). The molecule has 0 aliphatic carbocycles. The van der Waals surface area contributed by atoms with E-state index < -0.39 is 6.43 Å². The molecule has 0 atom stereocenters. The predicted molar refractivity (Wildman–Crippen MR) is 114 cm³/mol. The fraction of sp³-hybridized carbons (Fsp3) is 0.217. The molecule has 0 saturated heterocycles. The summed E-state index contributed by atoms with van der Waals surface area (Å²) in [5, 5.41) is 2.82. The Balaban J connectivity index is 1.65. The maximum atomic E-state index is 12.5. The summed E-state index contributed by atoms with van der Waals surface area (Å²) in [7, 11) is 0. The molecule has 0 fully saturated rings. The number of carbonyl (C=O) groups excluding carboxylic acids is 2. The number of aromatic nitrogens is 2. The molecular weight excluding hydrogens is 402 g/mol. The van der Waals surface area contributed by atoms with Crippen LogP contribution in [0.25, 0.3) is 11.3 Å². The molecule has 0 radical (unpaired) electrons. The van der Waals surface area contributed by atoms with Gasteiger partial charge in [-0.15, -0.1) is 0 Å². The molecule has 0 unspecified atom stereocenters. The lowest BCUT2D eigenvalue weighted by atomic mass is 10.1. The minimum atomic E-state index is -2.47. The molecule has 0 aliphatic heterocycles. The molecule has 2 heterocycles. The Morgan fingerprint density at radius 2 is 1.84 bits per heavy atom. The van der Waals surface area contributed by atoms with Gasteiger partial charge in [-0.05, 0) is 35.9 Å². The summed E-state index contributed by atoms with van der Waals surface area (Å²) in [6, 6.07) is 14.0. The van der Waals surface area contributed by atoms with Crippen LogP contribution in [0.1, 0.15) is 29.3 Å². The van der Waals surface area contributed by atoms with Crippen molar-refractivity contribution in [2.75, 3.05) is 11.4 Å². The van der Waals surface area contributed by atoms with E-state index in [9.17, 15) is 18.4 Å². The highest BCUT2D eigenvalue weighted by molar-refractivity contribution is 5.94. The van der Waals surface area contributed by atoms with E-state index in [1.807, 2.05) is 6.07 Å². The zero-order valence-corrected chi connectivity index (χ0v) is 17.0. The Hall–Kier alpha value is -3.68. The number of alkyl halides is 2. The molecule has 2 aromatic heterocycles. The average Bonchev–Trinajstić information content (AvgIpc) is 2.78. The van der Waals surface area contributed by atoms with Crippen molar-refractivity contribution in [1.82, 2.24) is 15.3 Å². The van der Waals surface area contributed by atoms with E-state index in [-0.39, 0.29) is 24.8 Å². The zero-order chi connectivity index (χ0) is 22.2. The van der Waals surface area contributed by atoms with Gasteiger partial charge in [0, 0.05) is 56.3 Å². The number of rotatable bonds is 8. The first-order valence-electron chi connectivity index (χ1n) is 9.74. The molecule has 2 amide bonds. The molecule has 31 heavy (non-hydrogen) atoms. The van der Waals surface area contributed by atoms with Gasteiger partial charge in [-0.3, -0.25) is 19.6 Å². The number of amides is 2. The summed E-state index contributed by atoms with van der Waals surface area (Å²) < 4.78 is 25.0. The predicted octanol–water partition coefficient (Wildman–Crippen LogP) is 4.08. The second-order valence-corrected chi connectivity index (χ2v) is 6.87. The lowest BCUT2D eigenvalue weighted by Gasteiger charge is -2.21. The van der Waals surface area contributed by atoms with Crippen LogP contribution in [0.3, 0.4) is 0 Å². The van der Waals surface area contributed by atoms with E-state index in [0.29, 0.717) is 23.5 Å². The normalized spacial score (nSPS) is 10.7. The monoisotopic (exact) mass is 424 g/mol. The second-order valence-electron chi connectivity index (χ2n) is 6.87. The van der Waals surface area contributed by atoms with E-state index in [0.717, 1.165) is 11.1 Å². The third-order valence-corrected chi connectivity index (χ3v) is 4.63. The summed E-state index contributed by atoms with van der Waals surface area (Å²) in [6.07, 6.45) is 2.00.